The van der Waals surface area contributed by atoms with Crippen molar-refractivity contribution in [3.8, 4) is 0 Å². The molecule has 1 aliphatic rings. The second-order valence-electron chi connectivity index (χ2n) is 4.07. The van der Waals surface area contributed by atoms with Crippen molar-refractivity contribution in [1.29, 1.82) is 0 Å². The molecule has 1 aromatic heterocycles. The van der Waals surface area contributed by atoms with Crippen molar-refractivity contribution in [3.05, 3.63) is 28.7 Å². The minimum atomic E-state index is -0.148. The van der Waals surface area contributed by atoms with E-state index in [9.17, 15) is 4.79 Å². The molecule has 0 fully saturated rings. The molecule has 0 amide bonds. The van der Waals surface area contributed by atoms with Crippen LogP contribution in [0.5, 0.6) is 0 Å². The highest BCUT2D eigenvalue weighted by Gasteiger charge is 2.23. The summed E-state index contributed by atoms with van der Waals surface area (Å²) in [5.74, 6) is 0.613. The van der Waals surface area contributed by atoms with E-state index in [-0.39, 0.29) is 11.1 Å². The van der Waals surface area contributed by atoms with Crippen LogP contribution in [0.25, 0.3) is 5.70 Å². The summed E-state index contributed by atoms with van der Waals surface area (Å²) >= 11 is 0. The minimum Gasteiger partial charge on any atom is -0.347 e. The summed E-state index contributed by atoms with van der Waals surface area (Å²) in [6.45, 7) is 5.99. The topological polar surface area (TPSA) is 46.9 Å². The fourth-order valence-electron chi connectivity index (χ4n) is 1.75. The van der Waals surface area contributed by atoms with Crippen LogP contribution in [0.4, 0.5) is 5.95 Å². The fourth-order valence-corrected chi connectivity index (χ4v) is 1.75. The Hall–Kier alpha value is -1.58. The molecule has 0 aliphatic carbocycles. The van der Waals surface area contributed by atoms with Crippen LogP contribution in [0, 0.1) is 0 Å². The molecule has 2 rings (SSSR count). The van der Waals surface area contributed by atoms with Crippen molar-refractivity contribution in [3.63, 3.8) is 0 Å². The van der Waals surface area contributed by atoms with Crippen molar-refractivity contribution in [2.45, 2.75) is 26.3 Å². The lowest BCUT2D eigenvalue weighted by molar-refractivity contribution is 0.670. The zero-order valence-corrected chi connectivity index (χ0v) is 8.53. The molecule has 14 heavy (non-hydrogen) atoms. The van der Waals surface area contributed by atoms with Gasteiger partial charge in [0.1, 0.15) is 0 Å². The van der Waals surface area contributed by atoms with Gasteiger partial charge in [-0.3, -0.25) is 9.36 Å². The van der Waals surface area contributed by atoms with Gasteiger partial charge in [-0.2, -0.15) is 0 Å². The Labute approximate surface area is 82.3 Å². The van der Waals surface area contributed by atoms with Gasteiger partial charge in [0.2, 0.25) is 5.95 Å². The van der Waals surface area contributed by atoms with Crippen LogP contribution in [0.15, 0.2) is 23.1 Å². The standard InChI is InChI=1S/C10H13N3O/c1-7-6-10(2,3)12-9-11-5-4-8(14)13(7)9/h4-6H,1-3H3,(H,11,12). The molecule has 0 saturated carbocycles. The third-order valence-electron chi connectivity index (χ3n) is 2.20. The number of hydrogen-bond acceptors (Lipinski definition) is 3. The lowest BCUT2D eigenvalue weighted by Crippen LogP contribution is -2.37. The van der Waals surface area contributed by atoms with E-state index in [4.69, 9.17) is 0 Å². The van der Waals surface area contributed by atoms with Gasteiger partial charge in [0.05, 0.1) is 5.54 Å². The van der Waals surface area contributed by atoms with Gasteiger partial charge in [-0.1, -0.05) is 0 Å². The highest BCUT2D eigenvalue weighted by molar-refractivity contribution is 5.57. The monoisotopic (exact) mass is 191 g/mol. The van der Waals surface area contributed by atoms with Crippen molar-refractivity contribution in [2.24, 2.45) is 0 Å². The Bertz CT molecular complexity index is 457. The van der Waals surface area contributed by atoms with E-state index in [1.54, 1.807) is 4.57 Å². The van der Waals surface area contributed by atoms with Gasteiger partial charge >= 0.3 is 0 Å². The van der Waals surface area contributed by atoms with Gasteiger partial charge < -0.3 is 5.32 Å². The van der Waals surface area contributed by atoms with Crippen molar-refractivity contribution < 1.29 is 0 Å². The first kappa shape index (κ1) is 8.99. The summed E-state index contributed by atoms with van der Waals surface area (Å²) in [7, 11) is 0. The predicted molar refractivity (Wildman–Crippen MR) is 56.1 cm³/mol. The molecule has 0 aromatic carbocycles. The second kappa shape index (κ2) is 2.70. The Kier molecular flexibility index (Phi) is 1.74. The SMILES string of the molecule is CC1=CC(C)(C)Nc2nccc(=O)n21. The maximum Gasteiger partial charge on any atom is 0.259 e. The zero-order chi connectivity index (χ0) is 10.3. The van der Waals surface area contributed by atoms with Crippen LogP contribution in [-0.4, -0.2) is 15.1 Å². The molecule has 0 unspecified atom stereocenters. The first-order chi connectivity index (χ1) is 6.49. The van der Waals surface area contributed by atoms with Crippen LogP contribution in [0.3, 0.4) is 0 Å². The molecule has 2 heterocycles. The molecular weight excluding hydrogens is 178 g/mol. The van der Waals surface area contributed by atoms with Crippen LogP contribution >= 0.6 is 0 Å². The van der Waals surface area contributed by atoms with E-state index >= 15 is 0 Å². The Morgan fingerprint density at radius 3 is 2.93 bits per heavy atom. The average Bonchev–Trinajstić information content (AvgIpc) is 2.00. The predicted octanol–water partition coefficient (Wildman–Crippen LogP) is 1.31. The molecule has 0 spiro atoms. The number of aromatic nitrogens is 2. The van der Waals surface area contributed by atoms with E-state index in [1.807, 2.05) is 26.8 Å². The molecule has 0 atom stereocenters. The molecule has 1 N–H and O–H groups in total. The first-order valence-electron chi connectivity index (χ1n) is 4.56. The molecule has 0 saturated heterocycles. The summed E-state index contributed by atoms with van der Waals surface area (Å²) in [5, 5.41) is 3.18. The quantitative estimate of drug-likeness (QED) is 0.672. The summed E-state index contributed by atoms with van der Waals surface area (Å²) < 4.78 is 1.57. The maximum absolute atomic E-state index is 11.5. The Morgan fingerprint density at radius 1 is 1.50 bits per heavy atom. The highest BCUT2D eigenvalue weighted by atomic mass is 16.1. The van der Waals surface area contributed by atoms with Crippen LogP contribution < -0.4 is 10.9 Å². The van der Waals surface area contributed by atoms with Crippen LogP contribution in [0.1, 0.15) is 20.8 Å². The summed E-state index contributed by atoms with van der Waals surface area (Å²) in [5.41, 5.74) is 0.721. The number of allylic oxidation sites excluding steroid dienone is 1. The first-order valence-corrected chi connectivity index (χ1v) is 4.56. The third-order valence-corrected chi connectivity index (χ3v) is 2.20. The van der Waals surface area contributed by atoms with E-state index in [0.717, 1.165) is 5.70 Å². The molecule has 4 heteroatoms. The Balaban J connectivity index is 2.68. The maximum atomic E-state index is 11.5. The van der Waals surface area contributed by atoms with Gasteiger partial charge in [0.25, 0.3) is 5.56 Å². The molecule has 4 nitrogen and oxygen atoms in total. The number of fused-ring (bicyclic) bond motifs is 1. The summed E-state index contributed by atoms with van der Waals surface area (Å²) in [6, 6.07) is 1.46. The van der Waals surface area contributed by atoms with Crippen molar-refractivity contribution in [2.75, 3.05) is 5.32 Å². The fraction of sp³-hybridized carbons (Fsp3) is 0.400. The van der Waals surface area contributed by atoms with Gasteiger partial charge in [-0.25, -0.2) is 4.98 Å². The molecule has 1 aliphatic heterocycles. The van der Waals surface area contributed by atoms with E-state index in [0.29, 0.717) is 5.95 Å². The third kappa shape index (κ3) is 1.32. The summed E-state index contributed by atoms with van der Waals surface area (Å²) in [6.07, 6.45) is 3.54. The summed E-state index contributed by atoms with van der Waals surface area (Å²) in [4.78, 5) is 15.7. The number of nitrogens with zero attached hydrogens (tertiary/aromatic N) is 2. The molecule has 0 bridgehead atoms. The van der Waals surface area contributed by atoms with Gasteiger partial charge in [0, 0.05) is 18.0 Å². The smallest absolute Gasteiger partial charge is 0.259 e. The van der Waals surface area contributed by atoms with Gasteiger partial charge in [-0.15, -0.1) is 0 Å². The average molecular weight is 191 g/mol. The number of nitrogens with one attached hydrogen (secondary N) is 1. The second-order valence-corrected chi connectivity index (χ2v) is 4.07. The number of hydrogen-bond donors (Lipinski definition) is 1. The number of rotatable bonds is 0. The molecule has 1 aromatic rings. The number of anilines is 1. The van der Waals surface area contributed by atoms with Crippen LogP contribution in [0.2, 0.25) is 0 Å². The largest absolute Gasteiger partial charge is 0.347 e. The molecular formula is C10H13N3O. The van der Waals surface area contributed by atoms with E-state index in [1.165, 1.54) is 12.3 Å². The Morgan fingerprint density at radius 2 is 2.21 bits per heavy atom. The normalized spacial score (nSPS) is 18.1. The van der Waals surface area contributed by atoms with E-state index < -0.39 is 0 Å². The zero-order valence-electron chi connectivity index (χ0n) is 8.53. The van der Waals surface area contributed by atoms with Gasteiger partial charge in [0.15, 0.2) is 0 Å². The van der Waals surface area contributed by atoms with Crippen LogP contribution in [-0.2, 0) is 0 Å². The highest BCUT2D eigenvalue weighted by Crippen LogP contribution is 2.23. The molecule has 0 radical (unpaired) electrons. The lowest BCUT2D eigenvalue weighted by Gasteiger charge is -2.30. The lowest BCUT2D eigenvalue weighted by atomic mass is 10.0. The van der Waals surface area contributed by atoms with Crippen molar-refractivity contribution in [1.82, 2.24) is 9.55 Å². The molecule has 74 valence electrons. The van der Waals surface area contributed by atoms with E-state index in [2.05, 4.69) is 10.3 Å². The minimum absolute atomic E-state index is 0.0493. The van der Waals surface area contributed by atoms with Crippen molar-refractivity contribution >= 4 is 11.6 Å². The van der Waals surface area contributed by atoms with Gasteiger partial charge in [-0.05, 0) is 26.8 Å².